The zero-order chi connectivity index (χ0) is 12.3. The highest BCUT2D eigenvalue weighted by Crippen LogP contribution is 2.21. The Morgan fingerprint density at radius 2 is 2.29 bits per heavy atom. The number of carboxylic acids is 1. The molecule has 0 radical (unpaired) electrons. The molecule has 0 spiro atoms. The van der Waals surface area contributed by atoms with E-state index in [1.807, 2.05) is 24.4 Å². The molecule has 0 atom stereocenters. The van der Waals surface area contributed by atoms with Gasteiger partial charge in [-0.25, -0.2) is 0 Å². The number of carboxylic acid groups (broad SMARTS) is 1. The van der Waals surface area contributed by atoms with Crippen LogP contribution < -0.4 is 5.32 Å². The number of fused-ring (bicyclic) bond motifs is 1. The van der Waals surface area contributed by atoms with Crippen molar-refractivity contribution in [1.29, 1.82) is 0 Å². The van der Waals surface area contributed by atoms with E-state index in [1.165, 1.54) is 0 Å². The molecule has 0 saturated carbocycles. The molecule has 0 amide bonds. The van der Waals surface area contributed by atoms with Crippen LogP contribution in [0.15, 0.2) is 24.4 Å². The van der Waals surface area contributed by atoms with E-state index >= 15 is 0 Å². The molecule has 17 heavy (non-hydrogen) atoms. The minimum atomic E-state index is -0.789. The summed E-state index contributed by atoms with van der Waals surface area (Å²) in [7, 11) is 0. The van der Waals surface area contributed by atoms with E-state index in [9.17, 15) is 4.79 Å². The number of nitrogens with one attached hydrogen (secondary N) is 2. The van der Waals surface area contributed by atoms with Gasteiger partial charge in [0.15, 0.2) is 0 Å². The Kier molecular flexibility index (Phi) is 3.66. The highest BCUT2D eigenvalue weighted by atomic mass is 35.5. The topological polar surface area (TPSA) is 65.1 Å². The number of H-pyrrole nitrogens is 1. The second-order valence-electron chi connectivity index (χ2n) is 3.82. The fourth-order valence-corrected chi connectivity index (χ4v) is 1.90. The van der Waals surface area contributed by atoms with Crippen LogP contribution in [0.2, 0.25) is 5.02 Å². The predicted octanol–water partition coefficient (Wildman–Crippen LogP) is 2.39. The van der Waals surface area contributed by atoms with Crippen molar-refractivity contribution in [2.24, 2.45) is 0 Å². The van der Waals surface area contributed by atoms with Gasteiger partial charge in [-0.3, -0.25) is 4.79 Å². The van der Waals surface area contributed by atoms with Gasteiger partial charge in [0, 0.05) is 35.2 Å². The van der Waals surface area contributed by atoms with Gasteiger partial charge < -0.3 is 15.4 Å². The second-order valence-corrected chi connectivity index (χ2v) is 4.26. The van der Waals surface area contributed by atoms with Gasteiger partial charge in [0.1, 0.15) is 0 Å². The molecule has 1 aromatic carbocycles. The summed E-state index contributed by atoms with van der Waals surface area (Å²) in [5.41, 5.74) is 2.11. The van der Waals surface area contributed by atoms with Gasteiger partial charge in [-0.1, -0.05) is 17.7 Å². The van der Waals surface area contributed by atoms with E-state index < -0.39 is 5.97 Å². The quantitative estimate of drug-likeness (QED) is 0.716. The molecule has 1 aromatic heterocycles. The third-order valence-electron chi connectivity index (χ3n) is 2.56. The standard InChI is InChI=1S/C12H13ClN2O2/c13-9-1-2-10-8(7-15-11(10)5-9)6-14-4-3-12(16)17/h1-2,5,7,14-15H,3-4,6H2,(H,16,17). The minimum Gasteiger partial charge on any atom is -0.481 e. The third-order valence-corrected chi connectivity index (χ3v) is 2.80. The maximum Gasteiger partial charge on any atom is 0.304 e. The first-order chi connectivity index (χ1) is 8.16. The number of hydrogen-bond donors (Lipinski definition) is 3. The number of carbonyl (C=O) groups is 1. The lowest BCUT2D eigenvalue weighted by Gasteiger charge is -2.01. The van der Waals surface area contributed by atoms with E-state index in [1.54, 1.807) is 0 Å². The molecule has 1 heterocycles. The summed E-state index contributed by atoms with van der Waals surface area (Å²) in [6, 6.07) is 5.68. The van der Waals surface area contributed by atoms with Crippen molar-refractivity contribution in [2.75, 3.05) is 6.54 Å². The SMILES string of the molecule is O=C(O)CCNCc1c[nH]c2cc(Cl)ccc12. The summed E-state index contributed by atoms with van der Waals surface area (Å²) in [6.07, 6.45) is 2.04. The molecule has 0 fully saturated rings. The molecule has 90 valence electrons. The van der Waals surface area contributed by atoms with Gasteiger partial charge in [-0.2, -0.15) is 0 Å². The average Bonchev–Trinajstić information content (AvgIpc) is 2.66. The minimum absolute atomic E-state index is 0.133. The van der Waals surface area contributed by atoms with Crippen molar-refractivity contribution in [3.63, 3.8) is 0 Å². The van der Waals surface area contributed by atoms with Gasteiger partial charge in [-0.15, -0.1) is 0 Å². The molecule has 0 bridgehead atoms. The number of benzene rings is 1. The summed E-state index contributed by atoms with van der Waals surface area (Å²) in [5.74, 6) is -0.789. The van der Waals surface area contributed by atoms with E-state index in [4.69, 9.17) is 16.7 Å². The largest absolute Gasteiger partial charge is 0.481 e. The Labute approximate surface area is 104 Å². The van der Waals surface area contributed by atoms with Gasteiger partial charge in [0.05, 0.1) is 6.42 Å². The molecular weight excluding hydrogens is 240 g/mol. The van der Waals surface area contributed by atoms with E-state index in [2.05, 4.69) is 10.3 Å². The lowest BCUT2D eigenvalue weighted by Crippen LogP contribution is -2.17. The first-order valence-corrected chi connectivity index (χ1v) is 5.72. The van der Waals surface area contributed by atoms with Crippen molar-refractivity contribution in [3.05, 3.63) is 35.0 Å². The predicted molar refractivity (Wildman–Crippen MR) is 67.3 cm³/mol. The summed E-state index contributed by atoms with van der Waals surface area (Å²) >= 11 is 5.89. The fraction of sp³-hybridized carbons (Fsp3) is 0.250. The zero-order valence-corrected chi connectivity index (χ0v) is 9.92. The molecule has 4 nitrogen and oxygen atoms in total. The van der Waals surface area contributed by atoms with E-state index in [0.29, 0.717) is 18.1 Å². The second kappa shape index (κ2) is 5.21. The van der Waals surface area contributed by atoms with Crippen LogP contribution in [0.5, 0.6) is 0 Å². The van der Waals surface area contributed by atoms with Crippen LogP contribution in [-0.2, 0) is 11.3 Å². The summed E-state index contributed by atoms with van der Waals surface area (Å²) < 4.78 is 0. The van der Waals surface area contributed by atoms with E-state index in [-0.39, 0.29) is 6.42 Å². The van der Waals surface area contributed by atoms with Crippen LogP contribution in [0, 0.1) is 0 Å². The van der Waals surface area contributed by atoms with Crippen LogP contribution in [-0.4, -0.2) is 22.6 Å². The van der Waals surface area contributed by atoms with Gasteiger partial charge in [0.2, 0.25) is 0 Å². The average molecular weight is 253 g/mol. The maximum absolute atomic E-state index is 10.3. The molecule has 0 aliphatic rings. The molecular formula is C12H13ClN2O2. The molecule has 2 rings (SSSR count). The Bertz CT molecular complexity index is 536. The van der Waals surface area contributed by atoms with Gasteiger partial charge in [0.25, 0.3) is 0 Å². The smallest absolute Gasteiger partial charge is 0.304 e. The van der Waals surface area contributed by atoms with Crippen LogP contribution in [0.1, 0.15) is 12.0 Å². The molecule has 2 aromatic rings. The van der Waals surface area contributed by atoms with Crippen LogP contribution in [0.4, 0.5) is 0 Å². The molecule has 0 saturated heterocycles. The number of hydrogen-bond acceptors (Lipinski definition) is 2. The van der Waals surface area contributed by atoms with Crippen molar-refractivity contribution in [3.8, 4) is 0 Å². The summed E-state index contributed by atoms with van der Waals surface area (Å²) in [5, 5.41) is 13.4. The number of aliphatic carboxylic acids is 1. The first-order valence-electron chi connectivity index (χ1n) is 5.35. The fourth-order valence-electron chi connectivity index (χ4n) is 1.72. The van der Waals surface area contributed by atoms with E-state index in [0.717, 1.165) is 16.5 Å². The lowest BCUT2D eigenvalue weighted by molar-refractivity contribution is -0.136. The zero-order valence-electron chi connectivity index (χ0n) is 9.16. The Morgan fingerprint density at radius 1 is 1.47 bits per heavy atom. The van der Waals surface area contributed by atoms with Gasteiger partial charge >= 0.3 is 5.97 Å². The number of rotatable bonds is 5. The Hall–Kier alpha value is -1.52. The van der Waals surface area contributed by atoms with Crippen LogP contribution in [0.3, 0.4) is 0 Å². The van der Waals surface area contributed by atoms with Crippen molar-refractivity contribution >= 4 is 28.5 Å². The van der Waals surface area contributed by atoms with Crippen LogP contribution in [0.25, 0.3) is 10.9 Å². The van der Waals surface area contributed by atoms with Gasteiger partial charge in [-0.05, 0) is 17.7 Å². The maximum atomic E-state index is 10.3. The highest BCUT2D eigenvalue weighted by Gasteiger charge is 2.04. The Balaban J connectivity index is 2.01. The molecule has 0 aliphatic carbocycles. The molecule has 0 aliphatic heterocycles. The first kappa shape index (κ1) is 12.0. The summed E-state index contributed by atoms with van der Waals surface area (Å²) in [6.45, 7) is 1.12. The summed E-state index contributed by atoms with van der Waals surface area (Å²) in [4.78, 5) is 13.5. The lowest BCUT2D eigenvalue weighted by atomic mass is 10.2. The van der Waals surface area contributed by atoms with Crippen molar-refractivity contribution < 1.29 is 9.90 Å². The molecule has 3 N–H and O–H groups in total. The monoisotopic (exact) mass is 252 g/mol. The normalized spacial score (nSPS) is 10.9. The number of halogens is 1. The number of aromatic amines is 1. The van der Waals surface area contributed by atoms with Crippen molar-refractivity contribution in [1.82, 2.24) is 10.3 Å². The van der Waals surface area contributed by atoms with Crippen LogP contribution >= 0.6 is 11.6 Å². The third kappa shape index (κ3) is 2.99. The molecule has 5 heteroatoms. The molecule has 0 unspecified atom stereocenters. The Morgan fingerprint density at radius 3 is 3.06 bits per heavy atom. The highest BCUT2D eigenvalue weighted by molar-refractivity contribution is 6.31. The van der Waals surface area contributed by atoms with Crippen molar-refractivity contribution in [2.45, 2.75) is 13.0 Å². The number of aromatic nitrogens is 1.